The van der Waals surface area contributed by atoms with Crippen LogP contribution in [-0.4, -0.2) is 56.8 Å². The Hall–Kier alpha value is -0.960. The fourth-order valence-electron chi connectivity index (χ4n) is 2.01. The van der Waals surface area contributed by atoms with Crippen molar-refractivity contribution >= 4 is 27.3 Å². The summed E-state index contributed by atoms with van der Waals surface area (Å²) in [5.41, 5.74) is 5.19. The summed E-state index contributed by atoms with van der Waals surface area (Å²) >= 11 is 1.12. The lowest BCUT2D eigenvalue weighted by molar-refractivity contribution is 0.100. The number of nitrogens with zero attached hydrogens (tertiary/aromatic N) is 2. The Labute approximate surface area is 116 Å². The van der Waals surface area contributed by atoms with Gasteiger partial charge in [0, 0.05) is 31.1 Å². The van der Waals surface area contributed by atoms with Crippen LogP contribution in [-0.2, 0) is 10.0 Å². The molecule has 0 aliphatic carbocycles. The number of piperazine rings is 1. The summed E-state index contributed by atoms with van der Waals surface area (Å²) in [5.74, 6) is -0.590. The van der Waals surface area contributed by atoms with Crippen molar-refractivity contribution in [2.45, 2.75) is 11.8 Å². The molecular weight excluding hydrogens is 286 g/mol. The lowest BCUT2D eigenvalue weighted by Crippen LogP contribution is -2.47. The Morgan fingerprint density at radius 3 is 2.37 bits per heavy atom. The van der Waals surface area contributed by atoms with Gasteiger partial charge in [0.2, 0.25) is 10.0 Å². The monoisotopic (exact) mass is 303 g/mol. The van der Waals surface area contributed by atoms with Crippen LogP contribution in [0, 0.1) is 6.92 Å². The maximum absolute atomic E-state index is 12.5. The number of thiophene rings is 1. The normalized spacial score (nSPS) is 18.6. The number of amides is 1. The van der Waals surface area contributed by atoms with Gasteiger partial charge in [0.15, 0.2) is 0 Å². The molecule has 2 rings (SSSR count). The van der Waals surface area contributed by atoms with Crippen molar-refractivity contribution < 1.29 is 13.2 Å². The van der Waals surface area contributed by atoms with Gasteiger partial charge in [-0.15, -0.1) is 11.3 Å². The highest BCUT2D eigenvalue weighted by atomic mass is 32.2. The van der Waals surface area contributed by atoms with Gasteiger partial charge >= 0.3 is 0 Å². The third kappa shape index (κ3) is 2.81. The number of carbonyl (C=O) groups is 1. The average Bonchev–Trinajstić information content (AvgIpc) is 2.73. The molecule has 0 radical (unpaired) electrons. The van der Waals surface area contributed by atoms with Crippen LogP contribution in [0.15, 0.2) is 11.0 Å². The van der Waals surface area contributed by atoms with Gasteiger partial charge in [-0.3, -0.25) is 4.79 Å². The number of carbonyl (C=O) groups excluding carboxylic acids is 1. The predicted octanol–water partition coefficient (Wildman–Crippen LogP) is 0.0915. The van der Waals surface area contributed by atoms with E-state index < -0.39 is 15.9 Å². The first-order chi connectivity index (χ1) is 8.82. The third-order valence-electron chi connectivity index (χ3n) is 3.20. The minimum Gasteiger partial charge on any atom is -0.365 e. The van der Waals surface area contributed by atoms with Crippen molar-refractivity contribution in [2.75, 3.05) is 33.2 Å². The molecule has 2 N–H and O–H groups in total. The van der Waals surface area contributed by atoms with Crippen LogP contribution in [0.4, 0.5) is 0 Å². The molecule has 0 atom stereocenters. The van der Waals surface area contributed by atoms with E-state index in [0.29, 0.717) is 31.1 Å². The molecule has 6 nitrogen and oxygen atoms in total. The maximum atomic E-state index is 12.5. The maximum Gasteiger partial charge on any atom is 0.258 e. The van der Waals surface area contributed by atoms with Crippen molar-refractivity contribution in [2.24, 2.45) is 5.73 Å². The van der Waals surface area contributed by atoms with Gasteiger partial charge in [-0.2, -0.15) is 4.31 Å². The average molecular weight is 303 g/mol. The standard InChI is InChI=1S/C11H17N3O3S2/c1-8-10(7-9(18-8)11(12)15)19(16,17)14-5-3-13(2)4-6-14/h7H,3-6H2,1-2H3,(H2,12,15). The number of hydrogen-bond acceptors (Lipinski definition) is 5. The molecule has 106 valence electrons. The second-order valence-corrected chi connectivity index (χ2v) is 7.77. The number of likely N-dealkylation sites (N-methyl/N-ethyl adjacent to an activating group) is 1. The van der Waals surface area contributed by atoms with Crippen LogP contribution in [0.1, 0.15) is 14.5 Å². The first-order valence-electron chi connectivity index (χ1n) is 5.91. The number of primary amides is 1. The van der Waals surface area contributed by atoms with Gasteiger partial charge in [0.25, 0.3) is 5.91 Å². The highest BCUT2D eigenvalue weighted by Gasteiger charge is 2.30. The van der Waals surface area contributed by atoms with Crippen LogP contribution < -0.4 is 5.73 Å². The molecule has 0 spiro atoms. The molecule has 1 aromatic heterocycles. The van der Waals surface area contributed by atoms with E-state index in [0.717, 1.165) is 11.3 Å². The predicted molar refractivity (Wildman–Crippen MR) is 73.8 cm³/mol. The number of aryl methyl sites for hydroxylation is 1. The van der Waals surface area contributed by atoms with E-state index >= 15 is 0 Å². The fraction of sp³-hybridized carbons (Fsp3) is 0.545. The van der Waals surface area contributed by atoms with Gasteiger partial charge < -0.3 is 10.6 Å². The lowest BCUT2D eigenvalue weighted by atomic mass is 10.4. The fourth-order valence-corrected chi connectivity index (χ4v) is 4.84. The molecule has 1 fully saturated rings. The van der Waals surface area contributed by atoms with Crippen molar-refractivity contribution in [3.8, 4) is 0 Å². The number of rotatable bonds is 3. The van der Waals surface area contributed by atoms with Crippen LogP contribution in [0.3, 0.4) is 0 Å². The van der Waals surface area contributed by atoms with Crippen LogP contribution in [0.5, 0.6) is 0 Å². The molecule has 0 bridgehead atoms. The second-order valence-electron chi connectivity index (χ2n) is 4.60. The van der Waals surface area contributed by atoms with Crippen molar-refractivity contribution in [3.63, 3.8) is 0 Å². The molecule has 1 saturated heterocycles. The van der Waals surface area contributed by atoms with Gasteiger partial charge in [0.05, 0.1) is 9.77 Å². The number of sulfonamides is 1. The van der Waals surface area contributed by atoms with Crippen molar-refractivity contribution in [1.82, 2.24) is 9.21 Å². The Balaban J connectivity index is 2.32. The van der Waals surface area contributed by atoms with Gasteiger partial charge in [-0.25, -0.2) is 8.42 Å². The second kappa shape index (κ2) is 5.20. The SMILES string of the molecule is Cc1sc(C(N)=O)cc1S(=O)(=O)N1CCN(C)CC1. The molecule has 0 saturated carbocycles. The minimum atomic E-state index is -3.52. The van der Waals surface area contributed by atoms with Crippen molar-refractivity contribution in [1.29, 1.82) is 0 Å². The first kappa shape index (κ1) is 14.4. The Morgan fingerprint density at radius 1 is 1.32 bits per heavy atom. The minimum absolute atomic E-state index is 0.204. The van der Waals surface area contributed by atoms with Crippen LogP contribution in [0.2, 0.25) is 0 Å². The zero-order chi connectivity index (χ0) is 14.2. The smallest absolute Gasteiger partial charge is 0.258 e. The Bertz CT molecular complexity index is 586. The topological polar surface area (TPSA) is 83.7 Å². The molecule has 1 amide bonds. The lowest BCUT2D eigenvalue weighted by Gasteiger charge is -2.31. The molecule has 8 heteroatoms. The van der Waals surface area contributed by atoms with E-state index in [4.69, 9.17) is 5.73 Å². The van der Waals surface area contributed by atoms with E-state index in [2.05, 4.69) is 4.90 Å². The largest absolute Gasteiger partial charge is 0.365 e. The molecule has 1 aliphatic rings. The van der Waals surface area contributed by atoms with E-state index in [1.54, 1.807) is 6.92 Å². The quantitative estimate of drug-likeness (QED) is 0.858. The number of hydrogen-bond donors (Lipinski definition) is 1. The summed E-state index contributed by atoms with van der Waals surface area (Å²) in [6.07, 6.45) is 0. The van der Waals surface area contributed by atoms with Crippen LogP contribution in [0.25, 0.3) is 0 Å². The summed E-state index contributed by atoms with van der Waals surface area (Å²) in [6.45, 7) is 4.07. The zero-order valence-electron chi connectivity index (χ0n) is 10.9. The molecular formula is C11H17N3O3S2. The van der Waals surface area contributed by atoms with E-state index in [9.17, 15) is 13.2 Å². The number of nitrogens with two attached hydrogens (primary N) is 1. The Morgan fingerprint density at radius 2 is 1.89 bits per heavy atom. The third-order valence-corrected chi connectivity index (χ3v) is 6.41. The molecule has 1 aromatic rings. The summed E-state index contributed by atoms with van der Waals surface area (Å²) in [4.78, 5) is 14.3. The summed E-state index contributed by atoms with van der Waals surface area (Å²) in [6, 6.07) is 1.38. The first-order valence-corrected chi connectivity index (χ1v) is 8.17. The van der Waals surface area contributed by atoms with Gasteiger partial charge in [-0.1, -0.05) is 0 Å². The molecule has 1 aliphatic heterocycles. The summed E-state index contributed by atoms with van der Waals surface area (Å²) in [7, 11) is -1.56. The van der Waals surface area contributed by atoms with Gasteiger partial charge in [-0.05, 0) is 20.0 Å². The van der Waals surface area contributed by atoms with E-state index in [-0.39, 0.29) is 9.77 Å². The van der Waals surface area contributed by atoms with E-state index in [1.165, 1.54) is 10.4 Å². The van der Waals surface area contributed by atoms with Gasteiger partial charge in [0.1, 0.15) is 0 Å². The highest BCUT2D eigenvalue weighted by Crippen LogP contribution is 2.28. The summed E-state index contributed by atoms with van der Waals surface area (Å²) in [5, 5.41) is 0. The molecule has 0 unspecified atom stereocenters. The zero-order valence-corrected chi connectivity index (χ0v) is 12.6. The van der Waals surface area contributed by atoms with Crippen LogP contribution >= 0.6 is 11.3 Å². The molecule has 2 heterocycles. The summed E-state index contributed by atoms with van der Waals surface area (Å²) < 4.78 is 26.5. The van der Waals surface area contributed by atoms with Crippen molar-refractivity contribution in [3.05, 3.63) is 15.8 Å². The van der Waals surface area contributed by atoms with E-state index in [1.807, 2.05) is 7.05 Å². The molecule has 19 heavy (non-hydrogen) atoms. The highest BCUT2D eigenvalue weighted by molar-refractivity contribution is 7.89. The Kier molecular flexibility index (Phi) is 3.95. The molecule has 0 aromatic carbocycles.